The maximum atomic E-state index is 11.7. The Morgan fingerprint density at radius 1 is 1.08 bits per heavy atom. The van der Waals surface area contributed by atoms with Crippen LogP contribution in [0.5, 0.6) is 0 Å². The lowest BCUT2D eigenvalue weighted by Crippen LogP contribution is -2.50. The molecule has 0 unspecified atom stereocenters. The van der Waals surface area contributed by atoms with Gasteiger partial charge in [-0.25, -0.2) is 5.90 Å². The number of benzene rings is 1. The zero-order chi connectivity index (χ0) is 18.7. The van der Waals surface area contributed by atoms with Crippen molar-refractivity contribution < 1.29 is 19.2 Å². The summed E-state index contributed by atoms with van der Waals surface area (Å²) in [5.41, 5.74) is 1.78. The molecule has 140 valence electrons. The van der Waals surface area contributed by atoms with Gasteiger partial charge < -0.3 is 19.9 Å². The monoisotopic (exact) mass is 352 g/mol. The normalized spacial score (nSPS) is 13.8. The molecule has 1 aliphatic heterocycles. The van der Waals surface area contributed by atoms with E-state index in [0.717, 1.165) is 24.5 Å². The number of ether oxygens (including phenoxy) is 1. The predicted molar refractivity (Wildman–Crippen MR) is 97.2 cm³/mol. The Balaban J connectivity index is 0.00000151. The Hall–Kier alpha value is -2.16. The highest BCUT2D eigenvalue weighted by atomic mass is 16.6. The minimum absolute atomic E-state index is 0.0320. The van der Waals surface area contributed by atoms with Crippen molar-refractivity contribution >= 4 is 23.2 Å². The van der Waals surface area contributed by atoms with Crippen LogP contribution in [0, 0.1) is 0 Å². The average molecular weight is 352 g/mol. The zero-order valence-corrected chi connectivity index (χ0v) is 15.2. The second kappa shape index (κ2) is 11.4. The minimum Gasteiger partial charge on any atom is -0.375 e. The van der Waals surface area contributed by atoms with Crippen LogP contribution in [0.15, 0.2) is 24.3 Å². The van der Waals surface area contributed by atoms with Gasteiger partial charge in [0.2, 0.25) is 5.91 Å². The number of carbonyl (C=O) groups is 2. The summed E-state index contributed by atoms with van der Waals surface area (Å²) >= 11 is 0. The van der Waals surface area contributed by atoms with Gasteiger partial charge in [-0.3, -0.25) is 14.4 Å². The molecular formula is C17H28N4O4. The summed E-state index contributed by atoms with van der Waals surface area (Å²) in [4.78, 5) is 31.5. The third-order valence-corrected chi connectivity index (χ3v) is 3.63. The van der Waals surface area contributed by atoms with Gasteiger partial charge >= 0.3 is 0 Å². The number of piperazine rings is 1. The van der Waals surface area contributed by atoms with Crippen molar-refractivity contribution in [1.82, 2.24) is 4.90 Å². The molecule has 0 saturated carbocycles. The van der Waals surface area contributed by atoms with E-state index in [4.69, 9.17) is 10.6 Å². The zero-order valence-electron chi connectivity index (χ0n) is 15.2. The van der Waals surface area contributed by atoms with E-state index in [2.05, 4.69) is 15.1 Å². The largest absolute Gasteiger partial charge is 0.375 e. The number of hydrogen-bond acceptors (Lipinski definition) is 6. The van der Waals surface area contributed by atoms with E-state index < -0.39 is 0 Å². The quantitative estimate of drug-likeness (QED) is 0.736. The van der Waals surface area contributed by atoms with Crippen LogP contribution >= 0.6 is 0 Å². The SMILES string of the molecule is CC.COCC(=O)Nc1ccc(N2CCN(C(=O)CON)CC2)cc1. The van der Waals surface area contributed by atoms with Crippen LogP contribution in [0.4, 0.5) is 11.4 Å². The first-order chi connectivity index (χ1) is 12.1. The first-order valence-electron chi connectivity index (χ1n) is 8.37. The minimum atomic E-state index is -0.186. The molecule has 25 heavy (non-hydrogen) atoms. The molecule has 0 radical (unpaired) electrons. The Bertz CT molecular complexity index is 528. The summed E-state index contributed by atoms with van der Waals surface area (Å²) in [7, 11) is 1.48. The Morgan fingerprint density at radius 2 is 1.68 bits per heavy atom. The van der Waals surface area contributed by atoms with E-state index in [0.29, 0.717) is 13.1 Å². The maximum absolute atomic E-state index is 11.7. The molecule has 0 atom stereocenters. The molecule has 2 rings (SSSR count). The number of nitrogens with one attached hydrogen (secondary N) is 1. The molecule has 0 spiro atoms. The molecular weight excluding hydrogens is 324 g/mol. The highest BCUT2D eigenvalue weighted by Gasteiger charge is 2.21. The smallest absolute Gasteiger partial charge is 0.250 e. The summed E-state index contributed by atoms with van der Waals surface area (Å²) in [5.74, 6) is 4.65. The van der Waals surface area contributed by atoms with Gasteiger partial charge in [-0.05, 0) is 24.3 Å². The molecule has 8 heteroatoms. The summed E-state index contributed by atoms with van der Waals surface area (Å²) in [6, 6.07) is 7.59. The summed E-state index contributed by atoms with van der Waals surface area (Å²) in [6.45, 7) is 6.69. The lowest BCUT2D eigenvalue weighted by molar-refractivity contribution is -0.136. The van der Waals surface area contributed by atoms with Crippen LogP contribution in [0.2, 0.25) is 0 Å². The highest BCUT2D eigenvalue weighted by Crippen LogP contribution is 2.19. The lowest BCUT2D eigenvalue weighted by atomic mass is 10.2. The molecule has 0 aliphatic carbocycles. The maximum Gasteiger partial charge on any atom is 0.250 e. The fourth-order valence-electron chi connectivity index (χ4n) is 2.46. The van der Waals surface area contributed by atoms with Crippen LogP contribution in [0.3, 0.4) is 0 Å². The first kappa shape index (κ1) is 20.9. The molecule has 1 fully saturated rings. The van der Waals surface area contributed by atoms with Gasteiger partial charge in [0, 0.05) is 44.7 Å². The lowest BCUT2D eigenvalue weighted by Gasteiger charge is -2.36. The number of nitrogens with zero attached hydrogens (tertiary/aromatic N) is 2. The standard InChI is InChI=1S/C15H22N4O4.C2H6/c1-22-10-14(20)17-12-2-4-13(5-3-12)18-6-8-19(9-7-18)15(21)11-23-16;1-2/h2-5H,6-11,16H2,1H3,(H,17,20);1-2H3. The van der Waals surface area contributed by atoms with Crippen molar-refractivity contribution in [3.8, 4) is 0 Å². The van der Waals surface area contributed by atoms with Crippen molar-refractivity contribution in [3.63, 3.8) is 0 Å². The third-order valence-electron chi connectivity index (χ3n) is 3.63. The molecule has 3 N–H and O–H groups in total. The third kappa shape index (κ3) is 6.69. The van der Waals surface area contributed by atoms with Crippen molar-refractivity contribution in [2.24, 2.45) is 5.90 Å². The summed E-state index contributed by atoms with van der Waals surface area (Å²) < 4.78 is 4.77. The molecule has 1 aromatic carbocycles. The average Bonchev–Trinajstić information content (AvgIpc) is 2.64. The van der Waals surface area contributed by atoms with E-state index in [1.807, 2.05) is 38.1 Å². The van der Waals surface area contributed by atoms with Crippen molar-refractivity contribution in [3.05, 3.63) is 24.3 Å². The molecule has 8 nitrogen and oxygen atoms in total. The summed E-state index contributed by atoms with van der Waals surface area (Å²) in [5, 5.41) is 2.75. The van der Waals surface area contributed by atoms with E-state index in [9.17, 15) is 9.59 Å². The highest BCUT2D eigenvalue weighted by molar-refractivity contribution is 5.91. The van der Waals surface area contributed by atoms with Gasteiger partial charge in [0.1, 0.15) is 13.2 Å². The molecule has 1 aliphatic rings. The molecule has 0 bridgehead atoms. The first-order valence-corrected chi connectivity index (χ1v) is 8.37. The molecule has 2 amide bonds. The van der Waals surface area contributed by atoms with E-state index in [1.165, 1.54) is 7.11 Å². The fraction of sp³-hybridized carbons (Fsp3) is 0.529. The molecule has 1 aromatic rings. The fourth-order valence-corrected chi connectivity index (χ4v) is 2.46. The number of methoxy groups -OCH3 is 1. The van der Waals surface area contributed by atoms with Crippen molar-refractivity contribution in [2.75, 3.05) is 56.7 Å². The van der Waals surface area contributed by atoms with E-state index >= 15 is 0 Å². The Kier molecular flexibility index (Phi) is 9.53. The van der Waals surface area contributed by atoms with Gasteiger partial charge in [-0.15, -0.1) is 0 Å². The summed E-state index contributed by atoms with van der Waals surface area (Å²) in [6.07, 6.45) is 0. The van der Waals surface area contributed by atoms with Crippen LogP contribution in [0.25, 0.3) is 0 Å². The molecule has 0 aromatic heterocycles. The van der Waals surface area contributed by atoms with Gasteiger partial charge in [0.25, 0.3) is 5.91 Å². The van der Waals surface area contributed by atoms with Crippen molar-refractivity contribution in [2.45, 2.75) is 13.8 Å². The van der Waals surface area contributed by atoms with Gasteiger partial charge in [0.15, 0.2) is 0 Å². The van der Waals surface area contributed by atoms with Gasteiger partial charge in [-0.1, -0.05) is 13.8 Å². The van der Waals surface area contributed by atoms with Gasteiger partial charge in [-0.2, -0.15) is 0 Å². The van der Waals surface area contributed by atoms with Crippen LogP contribution < -0.4 is 16.1 Å². The number of nitrogens with two attached hydrogens (primary N) is 1. The van der Waals surface area contributed by atoms with Crippen LogP contribution in [-0.4, -0.2) is 63.2 Å². The molecule has 1 saturated heterocycles. The topological polar surface area (TPSA) is 97.1 Å². The van der Waals surface area contributed by atoms with Crippen molar-refractivity contribution in [1.29, 1.82) is 0 Å². The number of rotatable bonds is 6. The van der Waals surface area contributed by atoms with Gasteiger partial charge in [0.05, 0.1) is 0 Å². The Labute approximate surface area is 148 Å². The Morgan fingerprint density at radius 3 is 2.20 bits per heavy atom. The number of anilines is 2. The number of carbonyl (C=O) groups excluding carboxylic acids is 2. The van der Waals surface area contributed by atoms with Crippen LogP contribution in [0.1, 0.15) is 13.8 Å². The number of amides is 2. The second-order valence-electron chi connectivity index (χ2n) is 5.21. The number of hydrogen-bond donors (Lipinski definition) is 2. The predicted octanol–water partition coefficient (Wildman–Crippen LogP) is 0.837. The molecule has 1 heterocycles. The van der Waals surface area contributed by atoms with E-state index in [1.54, 1.807) is 4.90 Å². The second-order valence-corrected chi connectivity index (χ2v) is 5.21. The van der Waals surface area contributed by atoms with E-state index in [-0.39, 0.29) is 25.0 Å². The van der Waals surface area contributed by atoms with Crippen LogP contribution in [-0.2, 0) is 19.2 Å².